The van der Waals surface area contributed by atoms with E-state index in [1.165, 1.54) is 6.42 Å². The molecule has 0 amide bonds. The molecule has 0 spiro atoms. The van der Waals surface area contributed by atoms with Gasteiger partial charge in [-0.1, -0.05) is 20.3 Å². The molecule has 1 aliphatic heterocycles. The van der Waals surface area contributed by atoms with E-state index in [0.29, 0.717) is 18.0 Å². The van der Waals surface area contributed by atoms with E-state index >= 15 is 0 Å². The Bertz CT molecular complexity index is 377. The summed E-state index contributed by atoms with van der Waals surface area (Å²) in [6.45, 7) is 8.72. The van der Waals surface area contributed by atoms with Crippen LogP contribution in [0.4, 0.5) is 10.1 Å². The second-order valence-electron chi connectivity index (χ2n) is 5.38. The molecule has 0 bridgehead atoms. The third-order valence-corrected chi connectivity index (χ3v) is 4.09. The molecular formula is C15H23FN2. The first kappa shape index (κ1) is 13.3. The number of piperazine rings is 1. The monoisotopic (exact) mass is 250 g/mol. The van der Waals surface area contributed by atoms with Crippen molar-refractivity contribution in [3.05, 3.63) is 30.1 Å². The SMILES string of the molecule is CCC(C)C1CN(c2ccc(F)cc2)C(C)CN1. The number of nitrogens with zero attached hydrogens (tertiary/aromatic N) is 1. The molecule has 2 nitrogen and oxygen atoms in total. The highest BCUT2D eigenvalue weighted by Crippen LogP contribution is 2.22. The summed E-state index contributed by atoms with van der Waals surface area (Å²) in [6, 6.07) is 7.83. The molecular weight excluding hydrogens is 227 g/mol. The predicted molar refractivity (Wildman–Crippen MR) is 74.5 cm³/mol. The summed E-state index contributed by atoms with van der Waals surface area (Å²) in [7, 11) is 0. The van der Waals surface area contributed by atoms with Gasteiger partial charge in [0.25, 0.3) is 0 Å². The third-order valence-electron chi connectivity index (χ3n) is 4.09. The van der Waals surface area contributed by atoms with E-state index < -0.39 is 0 Å². The average molecular weight is 250 g/mol. The lowest BCUT2D eigenvalue weighted by Crippen LogP contribution is -2.57. The fourth-order valence-corrected chi connectivity index (χ4v) is 2.55. The third kappa shape index (κ3) is 2.83. The summed E-state index contributed by atoms with van der Waals surface area (Å²) in [5.41, 5.74) is 1.12. The molecule has 1 N–H and O–H groups in total. The maximum atomic E-state index is 13.0. The first-order valence-electron chi connectivity index (χ1n) is 6.87. The number of anilines is 1. The molecule has 1 fully saturated rings. The first-order chi connectivity index (χ1) is 8.61. The summed E-state index contributed by atoms with van der Waals surface area (Å²) >= 11 is 0. The number of hydrogen-bond donors (Lipinski definition) is 1. The Balaban J connectivity index is 2.12. The molecule has 1 aromatic carbocycles. The van der Waals surface area contributed by atoms with E-state index in [1.807, 2.05) is 12.1 Å². The van der Waals surface area contributed by atoms with Crippen molar-refractivity contribution in [2.45, 2.75) is 39.3 Å². The number of nitrogens with one attached hydrogen (secondary N) is 1. The van der Waals surface area contributed by atoms with E-state index in [-0.39, 0.29) is 5.82 Å². The number of halogens is 1. The van der Waals surface area contributed by atoms with Crippen LogP contribution in [0.25, 0.3) is 0 Å². The van der Waals surface area contributed by atoms with Crippen molar-refractivity contribution in [2.75, 3.05) is 18.0 Å². The van der Waals surface area contributed by atoms with E-state index in [9.17, 15) is 4.39 Å². The van der Waals surface area contributed by atoms with Crippen molar-refractivity contribution in [1.82, 2.24) is 5.32 Å². The molecule has 3 heteroatoms. The minimum absolute atomic E-state index is 0.167. The van der Waals surface area contributed by atoms with Crippen LogP contribution in [-0.2, 0) is 0 Å². The number of hydrogen-bond acceptors (Lipinski definition) is 2. The quantitative estimate of drug-likeness (QED) is 0.887. The molecule has 2 rings (SSSR count). The van der Waals surface area contributed by atoms with Crippen molar-refractivity contribution >= 4 is 5.69 Å². The smallest absolute Gasteiger partial charge is 0.123 e. The van der Waals surface area contributed by atoms with Crippen LogP contribution >= 0.6 is 0 Å². The predicted octanol–water partition coefficient (Wildman–Crippen LogP) is 3.04. The average Bonchev–Trinajstić information content (AvgIpc) is 2.39. The van der Waals surface area contributed by atoms with E-state index in [4.69, 9.17) is 0 Å². The van der Waals surface area contributed by atoms with Gasteiger partial charge >= 0.3 is 0 Å². The zero-order valence-electron chi connectivity index (χ0n) is 11.5. The van der Waals surface area contributed by atoms with Crippen molar-refractivity contribution in [3.63, 3.8) is 0 Å². The van der Waals surface area contributed by atoms with Crippen LogP contribution < -0.4 is 10.2 Å². The summed E-state index contributed by atoms with van der Waals surface area (Å²) in [6.07, 6.45) is 1.18. The molecule has 0 aliphatic carbocycles. The van der Waals surface area contributed by atoms with Crippen molar-refractivity contribution in [3.8, 4) is 0 Å². The van der Waals surface area contributed by atoms with E-state index in [1.54, 1.807) is 12.1 Å². The van der Waals surface area contributed by atoms with Gasteiger partial charge in [0.05, 0.1) is 0 Å². The zero-order valence-corrected chi connectivity index (χ0v) is 11.5. The first-order valence-corrected chi connectivity index (χ1v) is 6.87. The van der Waals surface area contributed by atoms with Gasteiger partial charge in [-0.15, -0.1) is 0 Å². The maximum Gasteiger partial charge on any atom is 0.123 e. The van der Waals surface area contributed by atoms with Crippen LogP contribution in [0, 0.1) is 11.7 Å². The van der Waals surface area contributed by atoms with Crippen molar-refractivity contribution in [2.24, 2.45) is 5.92 Å². The van der Waals surface area contributed by atoms with Crippen molar-refractivity contribution in [1.29, 1.82) is 0 Å². The van der Waals surface area contributed by atoms with Gasteiger partial charge in [-0.3, -0.25) is 0 Å². The molecule has 0 radical (unpaired) electrons. The Morgan fingerprint density at radius 3 is 2.67 bits per heavy atom. The highest BCUT2D eigenvalue weighted by atomic mass is 19.1. The van der Waals surface area contributed by atoms with Gasteiger partial charge in [0.2, 0.25) is 0 Å². The van der Waals surface area contributed by atoms with Gasteiger partial charge in [-0.25, -0.2) is 4.39 Å². The molecule has 18 heavy (non-hydrogen) atoms. The standard InChI is InChI=1S/C15H23FN2/c1-4-11(2)15-10-18(12(3)9-17-15)14-7-5-13(16)6-8-14/h5-8,11-12,15,17H,4,9-10H2,1-3H3. The molecule has 1 heterocycles. The molecule has 0 saturated carbocycles. The Morgan fingerprint density at radius 1 is 1.39 bits per heavy atom. The Labute approximate surface area is 109 Å². The molecule has 1 saturated heterocycles. The van der Waals surface area contributed by atoms with Crippen LogP contribution in [0.15, 0.2) is 24.3 Å². The van der Waals surface area contributed by atoms with Crippen LogP contribution in [0.5, 0.6) is 0 Å². The second kappa shape index (κ2) is 5.70. The Kier molecular flexibility index (Phi) is 4.23. The topological polar surface area (TPSA) is 15.3 Å². The fourth-order valence-electron chi connectivity index (χ4n) is 2.55. The lowest BCUT2D eigenvalue weighted by molar-refractivity contribution is 0.316. The second-order valence-corrected chi connectivity index (χ2v) is 5.38. The minimum Gasteiger partial charge on any atom is -0.366 e. The van der Waals surface area contributed by atoms with Crippen LogP contribution in [0.1, 0.15) is 27.2 Å². The fraction of sp³-hybridized carbons (Fsp3) is 0.600. The zero-order chi connectivity index (χ0) is 13.1. The summed E-state index contributed by atoms with van der Waals surface area (Å²) in [5, 5.41) is 3.61. The van der Waals surface area contributed by atoms with Crippen molar-refractivity contribution < 1.29 is 4.39 Å². The highest BCUT2D eigenvalue weighted by molar-refractivity contribution is 5.48. The molecule has 1 aliphatic rings. The van der Waals surface area contributed by atoms with Gasteiger partial charge in [0, 0.05) is 30.9 Å². The molecule has 0 aromatic heterocycles. The van der Waals surface area contributed by atoms with Gasteiger partial charge in [-0.05, 0) is 37.1 Å². The Morgan fingerprint density at radius 2 is 2.06 bits per heavy atom. The Hall–Kier alpha value is -1.09. The molecule has 3 atom stereocenters. The van der Waals surface area contributed by atoms with Gasteiger partial charge in [0.15, 0.2) is 0 Å². The van der Waals surface area contributed by atoms with Crippen LogP contribution in [-0.4, -0.2) is 25.2 Å². The minimum atomic E-state index is -0.167. The number of benzene rings is 1. The summed E-state index contributed by atoms with van der Waals surface area (Å²) < 4.78 is 13.0. The summed E-state index contributed by atoms with van der Waals surface area (Å²) in [4.78, 5) is 2.38. The van der Waals surface area contributed by atoms with Crippen LogP contribution in [0.3, 0.4) is 0 Å². The van der Waals surface area contributed by atoms with E-state index in [0.717, 1.165) is 18.8 Å². The van der Waals surface area contributed by atoms with Crippen LogP contribution in [0.2, 0.25) is 0 Å². The molecule has 3 unspecified atom stereocenters. The largest absolute Gasteiger partial charge is 0.366 e. The van der Waals surface area contributed by atoms with Gasteiger partial charge in [0.1, 0.15) is 5.82 Å². The highest BCUT2D eigenvalue weighted by Gasteiger charge is 2.27. The summed E-state index contributed by atoms with van der Waals surface area (Å²) in [5.74, 6) is 0.500. The lowest BCUT2D eigenvalue weighted by atomic mass is 9.95. The maximum absolute atomic E-state index is 13.0. The van der Waals surface area contributed by atoms with Gasteiger partial charge in [-0.2, -0.15) is 0 Å². The number of rotatable bonds is 3. The normalized spacial score (nSPS) is 26.1. The van der Waals surface area contributed by atoms with E-state index in [2.05, 4.69) is 31.0 Å². The molecule has 1 aromatic rings. The van der Waals surface area contributed by atoms with Gasteiger partial charge < -0.3 is 10.2 Å². The lowest BCUT2D eigenvalue weighted by Gasteiger charge is -2.42. The molecule has 100 valence electrons.